The van der Waals surface area contributed by atoms with E-state index in [1.165, 1.54) is 18.4 Å². The van der Waals surface area contributed by atoms with Gasteiger partial charge in [-0.05, 0) is 37.2 Å². The number of fused-ring (bicyclic) bond motifs is 2. The summed E-state index contributed by atoms with van der Waals surface area (Å²) in [4.78, 5) is 37.3. The SMILES string of the molecule is COC(=O)c1c(-c2ccccc2Cl)csc1NC(=O)[C@H]1[C@H]2CC[C@@H](C2)[C@H]1C(=O)O. The van der Waals surface area contributed by atoms with Crippen LogP contribution < -0.4 is 5.32 Å². The number of aliphatic carboxylic acids is 1. The number of amides is 1. The number of methoxy groups -OCH3 is 1. The number of hydrogen-bond acceptors (Lipinski definition) is 5. The topological polar surface area (TPSA) is 92.7 Å². The van der Waals surface area contributed by atoms with E-state index in [2.05, 4.69) is 5.32 Å². The van der Waals surface area contributed by atoms with Crippen LogP contribution in [0, 0.1) is 23.7 Å². The molecule has 1 aromatic heterocycles. The molecule has 0 spiro atoms. The zero-order chi connectivity index (χ0) is 20.7. The molecule has 4 atom stereocenters. The van der Waals surface area contributed by atoms with Gasteiger partial charge in [0.15, 0.2) is 0 Å². The van der Waals surface area contributed by atoms with Gasteiger partial charge in [-0.15, -0.1) is 11.3 Å². The van der Waals surface area contributed by atoms with Gasteiger partial charge in [0, 0.05) is 21.5 Å². The van der Waals surface area contributed by atoms with E-state index in [1.807, 2.05) is 6.07 Å². The van der Waals surface area contributed by atoms with Crippen molar-refractivity contribution < 1.29 is 24.2 Å². The van der Waals surface area contributed by atoms with Crippen LogP contribution in [-0.4, -0.2) is 30.1 Å². The van der Waals surface area contributed by atoms with Gasteiger partial charge in [0.25, 0.3) is 0 Å². The van der Waals surface area contributed by atoms with Gasteiger partial charge in [0.1, 0.15) is 10.6 Å². The second-order valence-electron chi connectivity index (χ2n) is 7.54. The second kappa shape index (κ2) is 7.80. The van der Waals surface area contributed by atoms with Crippen molar-refractivity contribution in [2.24, 2.45) is 23.7 Å². The summed E-state index contributed by atoms with van der Waals surface area (Å²) in [6.45, 7) is 0. The van der Waals surface area contributed by atoms with E-state index in [0.29, 0.717) is 21.2 Å². The molecule has 8 heteroatoms. The van der Waals surface area contributed by atoms with Gasteiger partial charge in [0.2, 0.25) is 5.91 Å². The molecule has 1 aromatic carbocycles. The van der Waals surface area contributed by atoms with Crippen LogP contribution in [0.15, 0.2) is 29.6 Å². The van der Waals surface area contributed by atoms with Crippen LogP contribution in [0.25, 0.3) is 11.1 Å². The van der Waals surface area contributed by atoms with Crippen LogP contribution in [0.2, 0.25) is 5.02 Å². The minimum Gasteiger partial charge on any atom is -0.481 e. The van der Waals surface area contributed by atoms with E-state index in [1.54, 1.807) is 23.6 Å². The Morgan fingerprint density at radius 1 is 1.14 bits per heavy atom. The number of halogens is 1. The van der Waals surface area contributed by atoms with Gasteiger partial charge in [-0.1, -0.05) is 29.8 Å². The third kappa shape index (κ3) is 3.42. The Bertz CT molecular complexity index is 987. The number of carboxylic acids is 1. The predicted octanol–water partition coefficient (Wildman–Crippen LogP) is 4.54. The molecule has 2 aliphatic rings. The lowest BCUT2D eigenvalue weighted by atomic mass is 9.79. The Balaban J connectivity index is 1.67. The molecule has 4 rings (SSSR count). The Morgan fingerprint density at radius 2 is 1.83 bits per heavy atom. The fraction of sp³-hybridized carbons (Fsp3) is 0.381. The standard InChI is InChI=1S/C21H20ClNO5S/c1-28-21(27)17-13(12-4-2-3-5-14(12)22)9-29-19(17)23-18(24)15-10-6-7-11(8-10)16(15)20(25)26/h2-5,9-11,15-16H,6-8H2,1H3,(H,23,24)(H,25,26)/t10-,11-,15-,16+/m0/s1. The summed E-state index contributed by atoms with van der Waals surface area (Å²) in [5.74, 6) is -2.98. The zero-order valence-corrected chi connectivity index (χ0v) is 17.3. The average molecular weight is 434 g/mol. The van der Waals surface area contributed by atoms with Gasteiger partial charge in [-0.3, -0.25) is 9.59 Å². The van der Waals surface area contributed by atoms with Crippen molar-refractivity contribution in [1.82, 2.24) is 0 Å². The van der Waals surface area contributed by atoms with Crippen LogP contribution >= 0.6 is 22.9 Å². The molecule has 2 fully saturated rings. The van der Waals surface area contributed by atoms with Crippen molar-refractivity contribution in [2.75, 3.05) is 12.4 Å². The summed E-state index contributed by atoms with van der Waals surface area (Å²) in [5.41, 5.74) is 1.47. The third-order valence-corrected chi connectivity index (χ3v) is 7.31. The molecule has 0 radical (unpaired) electrons. The van der Waals surface area contributed by atoms with Crippen molar-refractivity contribution in [2.45, 2.75) is 19.3 Å². The van der Waals surface area contributed by atoms with E-state index in [0.717, 1.165) is 19.3 Å². The molecular formula is C21H20ClNO5S. The van der Waals surface area contributed by atoms with E-state index >= 15 is 0 Å². The first-order valence-corrected chi connectivity index (χ1v) is 10.7. The summed E-state index contributed by atoms with van der Waals surface area (Å²) in [5, 5.41) is 15.0. The van der Waals surface area contributed by atoms with Crippen LogP contribution in [0.3, 0.4) is 0 Å². The number of hydrogen-bond donors (Lipinski definition) is 2. The normalized spacial score (nSPS) is 25.0. The molecule has 0 saturated heterocycles. The molecule has 29 heavy (non-hydrogen) atoms. The minimum atomic E-state index is -0.923. The van der Waals surface area contributed by atoms with Crippen LogP contribution in [0.4, 0.5) is 5.00 Å². The Hall–Kier alpha value is -2.38. The van der Waals surface area contributed by atoms with E-state index in [-0.39, 0.29) is 23.3 Å². The van der Waals surface area contributed by atoms with Gasteiger partial charge < -0.3 is 15.2 Å². The number of rotatable bonds is 5. The fourth-order valence-electron chi connectivity index (χ4n) is 4.85. The molecule has 2 saturated carbocycles. The number of ether oxygens (including phenoxy) is 1. The van der Waals surface area contributed by atoms with Gasteiger partial charge in [0.05, 0.1) is 18.9 Å². The van der Waals surface area contributed by atoms with E-state index in [4.69, 9.17) is 16.3 Å². The highest BCUT2D eigenvalue weighted by atomic mass is 35.5. The number of benzene rings is 1. The maximum Gasteiger partial charge on any atom is 0.341 e. The van der Waals surface area contributed by atoms with Gasteiger partial charge in [-0.2, -0.15) is 0 Å². The molecule has 6 nitrogen and oxygen atoms in total. The van der Waals surface area contributed by atoms with Crippen molar-refractivity contribution in [1.29, 1.82) is 0 Å². The molecule has 2 bridgehead atoms. The van der Waals surface area contributed by atoms with Crippen molar-refractivity contribution in [3.8, 4) is 11.1 Å². The summed E-state index contributed by atoms with van der Waals surface area (Å²) in [6, 6.07) is 7.12. The second-order valence-corrected chi connectivity index (χ2v) is 8.82. The summed E-state index contributed by atoms with van der Waals surface area (Å²) < 4.78 is 4.93. The predicted molar refractivity (Wildman–Crippen MR) is 110 cm³/mol. The highest BCUT2D eigenvalue weighted by Gasteiger charge is 2.54. The molecule has 0 unspecified atom stereocenters. The molecule has 1 heterocycles. The average Bonchev–Trinajstić information content (AvgIpc) is 3.42. The van der Waals surface area contributed by atoms with E-state index in [9.17, 15) is 19.5 Å². The summed E-state index contributed by atoms with van der Waals surface area (Å²) in [6.07, 6.45) is 2.49. The molecule has 2 aliphatic carbocycles. The monoisotopic (exact) mass is 433 g/mol. The first-order chi connectivity index (χ1) is 13.9. The number of carbonyl (C=O) groups excluding carboxylic acids is 2. The van der Waals surface area contributed by atoms with Crippen molar-refractivity contribution in [3.05, 3.63) is 40.2 Å². The largest absolute Gasteiger partial charge is 0.481 e. The van der Waals surface area contributed by atoms with Gasteiger partial charge in [-0.25, -0.2) is 4.79 Å². The fourth-order valence-corrected chi connectivity index (χ4v) is 6.04. The maximum atomic E-state index is 13.0. The molecule has 2 N–H and O–H groups in total. The number of anilines is 1. The smallest absolute Gasteiger partial charge is 0.341 e. The minimum absolute atomic E-state index is 0.0512. The molecule has 152 valence electrons. The quantitative estimate of drug-likeness (QED) is 0.675. The number of nitrogens with one attached hydrogen (secondary N) is 1. The Kier molecular flexibility index (Phi) is 5.36. The lowest BCUT2D eigenvalue weighted by molar-refractivity contribution is -0.148. The van der Waals surface area contributed by atoms with Crippen molar-refractivity contribution in [3.63, 3.8) is 0 Å². The lowest BCUT2D eigenvalue weighted by Crippen LogP contribution is -2.37. The first kappa shape index (κ1) is 19.9. The highest BCUT2D eigenvalue weighted by molar-refractivity contribution is 7.15. The zero-order valence-electron chi connectivity index (χ0n) is 15.7. The van der Waals surface area contributed by atoms with Gasteiger partial charge >= 0.3 is 11.9 Å². The summed E-state index contributed by atoms with van der Waals surface area (Å²) >= 11 is 7.50. The lowest BCUT2D eigenvalue weighted by Gasteiger charge is -2.26. The summed E-state index contributed by atoms with van der Waals surface area (Å²) in [7, 11) is 1.28. The number of esters is 1. The molecule has 0 aliphatic heterocycles. The highest BCUT2D eigenvalue weighted by Crippen LogP contribution is 2.53. The molecule has 1 amide bonds. The molecular weight excluding hydrogens is 414 g/mol. The number of carboxylic acid groups (broad SMARTS) is 1. The number of carbonyl (C=O) groups is 3. The van der Waals surface area contributed by atoms with Crippen LogP contribution in [0.1, 0.15) is 29.6 Å². The Labute approximate surface area is 176 Å². The first-order valence-electron chi connectivity index (χ1n) is 9.40. The third-order valence-electron chi connectivity index (χ3n) is 6.09. The number of thiophene rings is 1. The maximum absolute atomic E-state index is 13.0. The van der Waals surface area contributed by atoms with Crippen LogP contribution in [-0.2, 0) is 14.3 Å². The Morgan fingerprint density at radius 3 is 2.48 bits per heavy atom. The van der Waals surface area contributed by atoms with Crippen LogP contribution in [0.5, 0.6) is 0 Å². The molecule has 2 aromatic rings. The van der Waals surface area contributed by atoms with E-state index < -0.39 is 23.8 Å². The van der Waals surface area contributed by atoms with Crippen molar-refractivity contribution >= 4 is 45.8 Å².